The van der Waals surface area contributed by atoms with Gasteiger partial charge in [-0.25, -0.2) is 4.98 Å². The zero-order chi connectivity index (χ0) is 11.5. The maximum Gasteiger partial charge on any atom is 0.233 e. The lowest BCUT2D eigenvalue weighted by molar-refractivity contribution is 0.453. The summed E-state index contributed by atoms with van der Waals surface area (Å²) in [5.74, 6) is 1.23. The van der Waals surface area contributed by atoms with E-state index >= 15 is 0 Å². The first-order chi connectivity index (χ1) is 7.66. The van der Waals surface area contributed by atoms with Crippen LogP contribution in [-0.4, -0.2) is 9.97 Å². The summed E-state index contributed by atoms with van der Waals surface area (Å²) in [5, 5.41) is 0. The van der Waals surface area contributed by atoms with E-state index in [1.165, 1.54) is 0 Å². The highest BCUT2D eigenvalue weighted by atomic mass is 79.9. The molecule has 0 spiro atoms. The van der Waals surface area contributed by atoms with Crippen molar-refractivity contribution in [3.8, 4) is 11.6 Å². The molecule has 5 heteroatoms. The van der Waals surface area contributed by atoms with E-state index in [-0.39, 0.29) is 0 Å². The molecule has 0 unspecified atom stereocenters. The summed E-state index contributed by atoms with van der Waals surface area (Å²) < 4.78 is 7.35. The van der Waals surface area contributed by atoms with Gasteiger partial charge in [0, 0.05) is 16.9 Å². The van der Waals surface area contributed by atoms with Crippen molar-refractivity contribution in [3.05, 3.63) is 45.2 Å². The highest BCUT2D eigenvalue weighted by molar-refractivity contribution is 9.11. The lowest BCUT2D eigenvalue weighted by Crippen LogP contribution is -1.92. The summed E-state index contributed by atoms with van der Waals surface area (Å²) in [6.45, 7) is 1.89. The SMILES string of the molecule is Cc1ncccc1Oc1ncc(Br)cc1Br. The lowest BCUT2D eigenvalue weighted by Gasteiger charge is -2.08. The summed E-state index contributed by atoms with van der Waals surface area (Å²) in [5.41, 5.74) is 0.833. The fourth-order valence-electron chi connectivity index (χ4n) is 1.16. The van der Waals surface area contributed by atoms with Crippen LogP contribution in [0.3, 0.4) is 0 Å². The van der Waals surface area contributed by atoms with E-state index in [1.54, 1.807) is 12.4 Å². The van der Waals surface area contributed by atoms with Crippen LogP contribution in [0.15, 0.2) is 39.5 Å². The Morgan fingerprint density at radius 2 is 2.06 bits per heavy atom. The standard InChI is InChI=1S/C11H8Br2N2O/c1-7-10(3-2-4-14-7)16-11-9(13)5-8(12)6-15-11/h2-6H,1H3. The molecule has 0 saturated carbocycles. The number of hydrogen-bond donors (Lipinski definition) is 0. The van der Waals surface area contributed by atoms with Crippen LogP contribution in [0, 0.1) is 6.92 Å². The van der Waals surface area contributed by atoms with Gasteiger partial charge in [0.1, 0.15) is 0 Å². The third-order valence-electron chi connectivity index (χ3n) is 1.94. The van der Waals surface area contributed by atoms with Gasteiger partial charge in [-0.3, -0.25) is 4.98 Å². The molecule has 16 heavy (non-hydrogen) atoms. The summed E-state index contributed by atoms with van der Waals surface area (Å²) in [6, 6.07) is 5.57. The Balaban J connectivity index is 2.31. The lowest BCUT2D eigenvalue weighted by atomic mass is 10.3. The van der Waals surface area contributed by atoms with Crippen molar-refractivity contribution >= 4 is 31.9 Å². The second-order valence-corrected chi connectivity index (χ2v) is 4.90. The van der Waals surface area contributed by atoms with E-state index in [9.17, 15) is 0 Å². The van der Waals surface area contributed by atoms with Gasteiger partial charge in [-0.2, -0.15) is 0 Å². The van der Waals surface area contributed by atoms with Crippen LogP contribution in [0.2, 0.25) is 0 Å². The van der Waals surface area contributed by atoms with Crippen molar-refractivity contribution in [1.29, 1.82) is 0 Å². The third-order valence-corrected chi connectivity index (χ3v) is 2.94. The van der Waals surface area contributed by atoms with Crippen LogP contribution in [-0.2, 0) is 0 Å². The summed E-state index contributed by atoms with van der Waals surface area (Å²) >= 11 is 6.73. The Bertz CT molecular complexity index is 517. The van der Waals surface area contributed by atoms with Crippen molar-refractivity contribution in [2.75, 3.05) is 0 Å². The average Bonchev–Trinajstić information content (AvgIpc) is 2.25. The number of aromatic nitrogens is 2. The number of nitrogens with zero attached hydrogens (tertiary/aromatic N) is 2. The molecular formula is C11H8Br2N2O. The van der Waals surface area contributed by atoms with Crippen molar-refractivity contribution in [3.63, 3.8) is 0 Å². The van der Waals surface area contributed by atoms with Crippen molar-refractivity contribution in [1.82, 2.24) is 9.97 Å². The Kier molecular flexibility index (Phi) is 3.56. The molecule has 0 amide bonds. The van der Waals surface area contributed by atoms with Gasteiger partial charge in [0.2, 0.25) is 5.88 Å². The third kappa shape index (κ3) is 2.59. The van der Waals surface area contributed by atoms with E-state index < -0.39 is 0 Å². The predicted molar refractivity (Wildman–Crippen MR) is 68.7 cm³/mol. The molecule has 3 nitrogen and oxygen atoms in total. The van der Waals surface area contributed by atoms with Gasteiger partial charge in [-0.05, 0) is 57.0 Å². The smallest absolute Gasteiger partial charge is 0.233 e. The van der Waals surface area contributed by atoms with Gasteiger partial charge in [0.25, 0.3) is 0 Å². The Morgan fingerprint density at radius 1 is 1.25 bits per heavy atom. The predicted octanol–water partition coefficient (Wildman–Crippen LogP) is 4.10. The summed E-state index contributed by atoms with van der Waals surface area (Å²) in [6.07, 6.45) is 3.41. The number of hydrogen-bond acceptors (Lipinski definition) is 3. The second kappa shape index (κ2) is 4.93. The molecule has 0 bridgehead atoms. The second-order valence-electron chi connectivity index (χ2n) is 3.13. The average molecular weight is 344 g/mol. The van der Waals surface area contributed by atoms with Crippen LogP contribution in [0.5, 0.6) is 11.6 Å². The van der Waals surface area contributed by atoms with Gasteiger partial charge in [-0.15, -0.1) is 0 Å². The molecule has 82 valence electrons. The van der Waals surface area contributed by atoms with E-state index in [4.69, 9.17) is 4.74 Å². The molecule has 0 fully saturated rings. The minimum atomic E-state index is 0.527. The highest BCUT2D eigenvalue weighted by Gasteiger charge is 2.07. The Morgan fingerprint density at radius 3 is 2.75 bits per heavy atom. The zero-order valence-corrected chi connectivity index (χ0v) is 11.6. The molecule has 0 radical (unpaired) electrons. The zero-order valence-electron chi connectivity index (χ0n) is 8.45. The molecule has 0 N–H and O–H groups in total. The van der Waals surface area contributed by atoms with E-state index in [1.807, 2.05) is 25.1 Å². The highest BCUT2D eigenvalue weighted by Crippen LogP contribution is 2.30. The Labute approximate surface area is 110 Å². The van der Waals surface area contributed by atoms with Gasteiger partial charge >= 0.3 is 0 Å². The van der Waals surface area contributed by atoms with Gasteiger partial charge in [-0.1, -0.05) is 0 Å². The molecule has 2 aromatic heterocycles. The maximum absolute atomic E-state index is 5.65. The van der Waals surface area contributed by atoms with Crippen LogP contribution in [0.25, 0.3) is 0 Å². The van der Waals surface area contributed by atoms with Crippen molar-refractivity contribution in [2.24, 2.45) is 0 Å². The fourth-order valence-corrected chi connectivity index (χ4v) is 2.23. The van der Waals surface area contributed by atoms with E-state index in [0.717, 1.165) is 14.6 Å². The number of rotatable bonds is 2. The fraction of sp³-hybridized carbons (Fsp3) is 0.0909. The molecule has 0 aliphatic carbocycles. The topological polar surface area (TPSA) is 35.0 Å². The molecule has 0 aliphatic heterocycles. The van der Waals surface area contributed by atoms with Crippen LogP contribution < -0.4 is 4.74 Å². The first-order valence-corrected chi connectivity index (χ1v) is 6.16. The van der Waals surface area contributed by atoms with Crippen LogP contribution in [0.4, 0.5) is 0 Å². The van der Waals surface area contributed by atoms with E-state index in [2.05, 4.69) is 41.8 Å². The van der Waals surface area contributed by atoms with Gasteiger partial charge in [0.15, 0.2) is 5.75 Å². The van der Waals surface area contributed by atoms with Crippen molar-refractivity contribution in [2.45, 2.75) is 6.92 Å². The Hall–Kier alpha value is -0.940. The monoisotopic (exact) mass is 342 g/mol. The molecule has 0 aromatic carbocycles. The quantitative estimate of drug-likeness (QED) is 0.823. The molecule has 0 aliphatic rings. The first-order valence-electron chi connectivity index (χ1n) is 4.57. The number of pyridine rings is 2. The largest absolute Gasteiger partial charge is 0.436 e. The normalized spacial score (nSPS) is 10.2. The molecule has 0 saturated heterocycles. The summed E-state index contributed by atoms with van der Waals surface area (Å²) in [7, 11) is 0. The van der Waals surface area contributed by atoms with Gasteiger partial charge in [0.05, 0.1) is 10.2 Å². The number of ether oxygens (including phenoxy) is 1. The first kappa shape index (κ1) is 11.5. The summed E-state index contributed by atoms with van der Waals surface area (Å²) in [4.78, 5) is 8.32. The minimum absolute atomic E-state index is 0.527. The molecule has 2 heterocycles. The number of halogens is 2. The van der Waals surface area contributed by atoms with Crippen LogP contribution in [0.1, 0.15) is 5.69 Å². The number of aryl methyl sites for hydroxylation is 1. The molecule has 0 atom stereocenters. The van der Waals surface area contributed by atoms with Gasteiger partial charge < -0.3 is 4.74 Å². The van der Waals surface area contributed by atoms with Crippen LogP contribution >= 0.6 is 31.9 Å². The molecule has 2 aromatic rings. The maximum atomic E-state index is 5.65. The van der Waals surface area contributed by atoms with Crippen molar-refractivity contribution < 1.29 is 4.74 Å². The minimum Gasteiger partial charge on any atom is -0.436 e. The molecular weight excluding hydrogens is 336 g/mol. The molecule has 2 rings (SSSR count). The van der Waals surface area contributed by atoms with E-state index in [0.29, 0.717) is 11.6 Å².